The third-order valence-electron chi connectivity index (χ3n) is 2.24. The molecule has 0 saturated heterocycles. The van der Waals surface area contributed by atoms with Gasteiger partial charge in [-0.05, 0) is 6.42 Å². The Hall–Kier alpha value is -1.15. The van der Waals surface area contributed by atoms with Crippen LogP contribution >= 0.6 is 0 Å². The number of carbonyl (C=O) groups is 1. The summed E-state index contributed by atoms with van der Waals surface area (Å²) in [6.45, 7) is 2.22. The maximum absolute atomic E-state index is 10.2. The summed E-state index contributed by atoms with van der Waals surface area (Å²) in [5.41, 5.74) is 0. The van der Waals surface area contributed by atoms with E-state index in [9.17, 15) is 4.79 Å². The van der Waals surface area contributed by atoms with Crippen LogP contribution in [0.4, 0.5) is 0 Å². The molecule has 2 N–H and O–H groups in total. The Kier molecular flexibility index (Phi) is 17.6. The van der Waals surface area contributed by atoms with Crippen LogP contribution in [0.15, 0.2) is 0 Å². The summed E-state index contributed by atoms with van der Waals surface area (Å²) in [5, 5.41) is 13.8. The van der Waals surface area contributed by atoms with E-state index in [0.29, 0.717) is 6.42 Å². The van der Waals surface area contributed by atoms with Gasteiger partial charge in [0.1, 0.15) is 0 Å². The zero-order chi connectivity index (χ0) is 12.6. The van der Waals surface area contributed by atoms with Crippen molar-refractivity contribution in [3.8, 4) is 0 Å². The molecule has 0 aliphatic heterocycles. The van der Waals surface area contributed by atoms with Crippen LogP contribution in [0, 0.1) is 5.41 Å². The lowest BCUT2D eigenvalue weighted by Crippen LogP contribution is -1.93. The molecule has 0 aliphatic rings. The molecule has 4 nitrogen and oxygen atoms in total. The lowest BCUT2D eigenvalue weighted by molar-refractivity contribution is -0.137. The summed E-state index contributed by atoms with van der Waals surface area (Å²) >= 11 is 0. The molecule has 0 amide bonds. The highest BCUT2D eigenvalue weighted by Crippen LogP contribution is 2.09. The number of hydrogen-bond acceptors (Lipinski definition) is 3. The van der Waals surface area contributed by atoms with E-state index in [1.807, 2.05) is 0 Å². The molecule has 94 valence electrons. The quantitative estimate of drug-likeness (QED) is 0.361. The third-order valence-corrected chi connectivity index (χ3v) is 2.24. The molecule has 0 saturated carbocycles. The van der Waals surface area contributed by atoms with Gasteiger partial charge in [-0.1, -0.05) is 51.9 Å². The van der Waals surface area contributed by atoms with E-state index in [0.717, 1.165) is 18.9 Å². The molecule has 0 aromatic rings. The number of unbranched alkanes of at least 4 members (excludes halogenated alkanes) is 7. The minimum Gasteiger partial charge on any atom is -0.481 e. The van der Waals surface area contributed by atoms with E-state index in [4.69, 9.17) is 15.3 Å². The molecule has 0 spiro atoms. The number of carbonyl (C=O) groups excluding carboxylic acids is 1. The molecule has 0 aromatic carbocycles. The SMILES string of the molecule is CCCCCCCCCCC(=O)O.N=C=O. The average Bonchev–Trinajstić information content (AvgIpc) is 2.23. The topological polar surface area (TPSA) is 78.2 Å². The Morgan fingerprint density at radius 2 is 1.44 bits per heavy atom. The maximum Gasteiger partial charge on any atom is 0.303 e. The molecule has 4 heteroatoms. The molecule has 0 rings (SSSR count). The zero-order valence-electron chi connectivity index (χ0n) is 10.1. The average molecular weight is 229 g/mol. The fraction of sp³-hybridized carbons (Fsp3) is 0.833. The van der Waals surface area contributed by atoms with Gasteiger partial charge in [0.15, 0.2) is 0 Å². The fourth-order valence-corrected chi connectivity index (χ4v) is 1.41. The first-order chi connectivity index (χ1) is 7.68. The summed E-state index contributed by atoms with van der Waals surface area (Å²) < 4.78 is 0. The van der Waals surface area contributed by atoms with Gasteiger partial charge in [0, 0.05) is 6.42 Å². The van der Waals surface area contributed by atoms with Gasteiger partial charge in [0.05, 0.1) is 0 Å². The van der Waals surface area contributed by atoms with E-state index in [-0.39, 0.29) is 0 Å². The van der Waals surface area contributed by atoms with Gasteiger partial charge in [0.25, 0.3) is 0 Å². The van der Waals surface area contributed by atoms with Crippen molar-refractivity contribution in [1.82, 2.24) is 0 Å². The van der Waals surface area contributed by atoms with E-state index in [2.05, 4.69) is 6.92 Å². The van der Waals surface area contributed by atoms with Gasteiger partial charge in [-0.25, -0.2) is 10.2 Å². The normalized spacial score (nSPS) is 8.81. The molecule has 16 heavy (non-hydrogen) atoms. The lowest BCUT2D eigenvalue weighted by Gasteiger charge is -1.99. The minimum atomic E-state index is -0.661. The second kappa shape index (κ2) is 16.3. The van der Waals surface area contributed by atoms with Crippen molar-refractivity contribution in [3.63, 3.8) is 0 Å². The summed E-state index contributed by atoms with van der Waals surface area (Å²) in [5.74, 6) is -0.661. The molecule has 0 atom stereocenters. The summed E-state index contributed by atoms with van der Waals surface area (Å²) in [6.07, 6.45) is 10.8. The maximum atomic E-state index is 10.2. The Morgan fingerprint density at radius 3 is 1.81 bits per heavy atom. The van der Waals surface area contributed by atoms with Crippen molar-refractivity contribution in [2.45, 2.75) is 64.7 Å². The molecule has 0 unspecified atom stereocenters. The van der Waals surface area contributed by atoms with Gasteiger partial charge < -0.3 is 5.11 Å². The van der Waals surface area contributed by atoms with Gasteiger partial charge >= 0.3 is 5.97 Å². The highest BCUT2D eigenvalue weighted by Gasteiger charge is 1.95. The highest BCUT2D eigenvalue weighted by molar-refractivity contribution is 5.66. The van der Waals surface area contributed by atoms with Gasteiger partial charge in [-0.3, -0.25) is 4.79 Å². The van der Waals surface area contributed by atoms with Gasteiger partial charge in [-0.15, -0.1) is 0 Å². The second-order valence-corrected chi connectivity index (χ2v) is 3.72. The molecular formula is C12H23NO3. The highest BCUT2D eigenvalue weighted by atomic mass is 16.4. The number of hydrogen-bond donors (Lipinski definition) is 2. The Morgan fingerprint density at radius 1 is 1.06 bits per heavy atom. The first-order valence-electron chi connectivity index (χ1n) is 5.94. The molecule has 0 heterocycles. The van der Waals surface area contributed by atoms with Crippen LogP contribution in [-0.2, 0) is 9.59 Å². The fourth-order valence-electron chi connectivity index (χ4n) is 1.41. The largest absolute Gasteiger partial charge is 0.481 e. The minimum absolute atomic E-state index is 0.342. The van der Waals surface area contributed by atoms with Crippen LogP contribution in [0.2, 0.25) is 0 Å². The number of rotatable bonds is 9. The van der Waals surface area contributed by atoms with Gasteiger partial charge in [0.2, 0.25) is 6.08 Å². The van der Waals surface area contributed by atoms with E-state index in [1.54, 1.807) is 0 Å². The molecule has 0 aromatic heterocycles. The molecule has 0 aliphatic carbocycles. The van der Waals surface area contributed by atoms with Crippen LogP contribution in [0.25, 0.3) is 0 Å². The van der Waals surface area contributed by atoms with Crippen LogP contribution in [0.1, 0.15) is 64.7 Å². The molecule has 0 radical (unpaired) electrons. The van der Waals surface area contributed by atoms with Crippen LogP contribution in [-0.4, -0.2) is 17.2 Å². The second-order valence-electron chi connectivity index (χ2n) is 3.72. The standard InChI is InChI=1S/C11H22O2.CHNO/c1-2-3-4-5-6-7-8-9-10-11(12)13;2-1-3/h2-10H2,1H3,(H,12,13);2H. The first-order valence-corrected chi connectivity index (χ1v) is 5.94. The van der Waals surface area contributed by atoms with Crippen molar-refractivity contribution in [2.75, 3.05) is 0 Å². The van der Waals surface area contributed by atoms with Gasteiger partial charge in [-0.2, -0.15) is 0 Å². The third kappa shape index (κ3) is 23.0. The van der Waals surface area contributed by atoms with Crippen molar-refractivity contribution in [1.29, 1.82) is 5.41 Å². The zero-order valence-corrected chi connectivity index (χ0v) is 10.1. The Labute approximate surface area is 97.6 Å². The van der Waals surface area contributed by atoms with E-state index in [1.165, 1.54) is 38.5 Å². The summed E-state index contributed by atoms with van der Waals surface area (Å²) in [7, 11) is 0. The van der Waals surface area contributed by atoms with E-state index >= 15 is 0 Å². The monoisotopic (exact) mass is 229 g/mol. The smallest absolute Gasteiger partial charge is 0.303 e. The van der Waals surface area contributed by atoms with E-state index < -0.39 is 5.97 Å². The number of isocyanates is 1. The summed E-state index contributed by atoms with van der Waals surface area (Å²) in [6, 6.07) is 0. The first kappa shape index (κ1) is 17.3. The number of carboxylic acids is 1. The predicted octanol–water partition coefficient (Wildman–Crippen LogP) is 3.50. The number of carboxylic acid groups (broad SMARTS) is 1. The number of aliphatic carboxylic acids is 1. The lowest BCUT2D eigenvalue weighted by atomic mass is 10.1. The van der Waals surface area contributed by atoms with Crippen molar-refractivity contribution in [2.24, 2.45) is 0 Å². The molecular weight excluding hydrogens is 206 g/mol. The van der Waals surface area contributed by atoms with Crippen molar-refractivity contribution < 1.29 is 14.7 Å². The Balaban J connectivity index is 0. The predicted molar refractivity (Wildman–Crippen MR) is 63.3 cm³/mol. The summed E-state index contributed by atoms with van der Waals surface area (Å²) in [4.78, 5) is 18.5. The van der Waals surface area contributed by atoms with Crippen molar-refractivity contribution >= 4 is 12.0 Å². The number of nitrogens with one attached hydrogen (secondary N) is 1. The Bertz CT molecular complexity index is 187. The molecule has 0 fully saturated rings. The van der Waals surface area contributed by atoms with Crippen LogP contribution in [0.5, 0.6) is 0 Å². The molecule has 0 bridgehead atoms. The van der Waals surface area contributed by atoms with Crippen LogP contribution in [0.3, 0.4) is 0 Å². The van der Waals surface area contributed by atoms with Crippen molar-refractivity contribution in [3.05, 3.63) is 0 Å². The van der Waals surface area contributed by atoms with Crippen LogP contribution < -0.4 is 0 Å².